The smallest absolute Gasteiger partial charge is 0.0222 e. The molecule has 12 heavy (non-hydrogen) atoms. The Kier molecular flexibility index (Phi) is 1.47. The highest BCUT2D eigenvalue weighted by molar-refractivity contribution is 5.88. The van der Waals surface area contributed by atoms with E-state index in [9.17, 15) is 0 Å². The van der Waals surface area contributed by atoms with E-state index in [1.165, 1.54) is 22.0 Å². The summed E-state index contributed by atoms with van der Waals surface area (Å²) in [6.45, 7) is 4.32. The lowest BCUT2D eigenvalue weighted by atomic mass is 10.1. The number of fused-ring (bicyclic) bond motifs is 1. The molecule has 62 valence electrons. The Morgan fingerprint density at radius 2 is 1.92 bits per heavy atom. The molecule has 1 heteroatoms. The van der Waals surface area contributed by atoms with Crippen molar-refractivity contribution >= 4 is 10.8 Å². The largest absolute Gasteiger partial charge is 0.353 e. The first-order chi connectivity index (χ1) is 5.70. The third kappa shape index (κ3) is 0.860. The lowest BCUT2D eigenvalue weighted by Crippen LogP contribution is -1.86. The molecule has 0 N–H and O–H groups in total. The SMILES string of the molecule is Cc1cccc2cn(C)c(C)c12. The minimum Gasteiger partial charge on any atom is -0.353 e. The van der Waals surface area contributed by atoms with Crippen molar-refractivity contribution in [2.45, 2.75) is 13.8 Å². The van der Waals surface area contributed by atoms with Gasteiger partial charge in [-0.15, -0.1) is 0 Å². The van der Waals surface area contributed by atoms with E-state index in [-0.39, 0.29) is 0 Å². The van der Waals surface area contributed by atoms with E-state index in [4.69, 9.17) is 0 Å². The minimum absolute atomic E-state index is 1.34. The van der Waals surface area contributed by atoms with Gasteiger partial charge in [-0.3, -0.25) is 0 Å². The quantitative estimate of drug-likeness (QED) is 0.557. The molecule has 0 aliphatic heterocycles. The topological polar surface area (TPSA) is 4.93 Å². The Labute approximate surface area is 72.6 Å². The van der Waals surface area contributed by atoms with Crippen LogP contribution in [0.2, 0.25) is 0 Å². The Balaban J connectivity index is 2.97. The first-order valence-corrected chi connectivity index (χ1v) is 4.21. The Hall–Kier alpha value is -1.24. The Bertz CT molecular complexity index is 424. The van der Waals surface area contributed by atoms with E-state index >= 15 is 0 Å². The van der Waals surface area contributed by atoms with Crippen molar-refractivity contribution in [2.75, 3.05) is 0 Å². The monoisotopic (exact) mass is 159 g/mol. The van der Waals surface area contributed by atoms with Gasteiger partial charge in [0.25, 0.3) is 0 Å². The first-order valence-electron chi connectivity index (χ1n) is 4.21. The number of nitrogens with zero attached hydrogens (tertiary/aromatic N) is 1. The summed E-state index contributed by atoms with van der Waals surface area (Å²) >= 11 is 0. The fraction of sp³-hybridized carbons (Fsp3) is 0.273. The molecule has 0 spiro atoms. The number of aryl methyl sites for hydroxylation is 3. The van der Waals surface area contributed by atoms with E-state index in [1.807, 2.05) is 0 Å². The molecule has 2 rings (SSSR count). The second kappa shape index (κ2) is 2.37. The maximum Gasteiger partial charge on any atom is 0.0222 e. The number of hydrogen-bond donors (Lipinski definition) is 0. The van der Waals surface area contributed by atoms with Gasteiger partial charge in [0.2, 0.25) is 0 Å². The molecular formula is C11H13N. The molecule has 1 nitrogen and oxygen atoms in total. The highest BCUT2D eigenvalue weighted by Crippen LogP contribution is 2.22. The van der Waals surface area contributed by atoms with Gasteiger partial charge in [0, 0.05) is 24.3 Å². The van der Waals surface area contributed by atoms with Crippen LogP contribution < -0.4 is 0 Å². The van der Waals surface area contributed by atoms with E-state index in [2.05, 4.69) is 49.9 Å². The highest BCUT2D eigenvalue weighted by atomic mass is 14.9. The van der Waals surface area contributed by atoms with Crippen molar-refractivity contribution in [3.63, 3.8) is 0 Å². The summed E-state index contributed by atoms with van der Waals surface area (Å²) in [6, 6.07) is 6.43. The molecule has 0 fully saturated rings. The molecule has 0 aliphatic carbocycles. The second-order valence-corrected chi connectivity index (χ2v) is 3.36. The fourth-order valence-corrected chi connectivity index (χ4v) is 1.77. The van der Waals surface area contributed by atoms with Crippen molar-refractivity contribution in [1.29, 1.82) is 0 Å². The van der Waals surface area contributed by atoms with Gasteiger partial charge in [0.05, 0.1) is 0 Å². The van der Waals surface area contributed by atoms with Gasteiger partial charge < -0.3 is 4.57 Å². The normalized spacial score (nSPS) is 10.9. The summed E-state index contributed by atoms with van der Waals surface area (Å²) in [6.07, 6.45) is 2.18. The number of rotatable bonds is 0. The molecule has 0 radical (unpaired) electrons. The molecule has 0 bridgehead atoms. The van der Waals surface area contributed by atoms with Crippen molar-refractivity contribution in [3.05, 3.63) is 35.7 Å². The predicted octanol–water partition coefficient (Wildman–Crippen LogP) is 2.80. The van der Waals surface area contributed by atoms with Crippen LogP contribution in [-0.4, -0.2) is 4.57 Å². The zero-order valence-corrected chi connectivity index (χ0v) is 7.76. The summed E-state index contributed by atoms with van der Waals surface area (Å²) < 4.78 is 2.18. The standard InChI is InChI=1S/C11H13N/c1-8-5-4-6-10-7-12(3)9(2)11(8)10/h4-7H,1-3H3. The van der Waals surface area contributed by atoms with Gasteiger partial charge in [-0.05, 0) is 24.8 Å². The molecular weight excluding hydrogens is 146 g/mol. The average molecular weight is 159 g/mol. The molecule has 1 heterocycles. The molecule has 0 unspecified atom stereocenters. The van der Waals surface area contributed by atoms with Crippen molar-refractivity contribution in [2.24, 2.45) is 7.05 Å². The third-order valence-electron chi connectivity index (χ3n) is 2.53. The summed E-state index contributed by atoms with van der Waals surface area (Å²) in [5, 5.41) is 2.75. The molecule has 0 amide bonds. The zero-order valence-electron chi connectivity index (χ0n) is 7.76. The molecule has 0 aliphatic rings. The van der Waals surface area contributed by atoms with Crippen LogP contribution in [0.3, 0.4) is 0 Å². The van der Waals surface area contributed by atoms with Crippen LogP contribution in [0.25, 0.3) is 10.8 Å². The third-order valence-corrected chi connectivity index (χ3v) is 2.53. The van der Waals surface area contributed by atoms with Crippen molar-refractivity contribution in [1.82, 2.24) is 4.57 Å². The molecule has 0 saturated carbocycles. The molecule has 0 saturated heterocycles. The van der Waals surface area contributed by atoms with Gasteiger partial charge in [0.15, 0.2) is 0 Å². The predicted molar refractivity (Wildman–Crippen MR) is 52.4 cm³/mol. The van der Waals surface area contributed by atoms with E-state index in [0.29, 0.717) is 0 Å². The molecule has 2 aromatic rings. The summed E-state index contributed by atoms with van der Waals surface area (Å²) in [7, 11) is 2.09. The Morgan fingerprint density at radius 3 is 2.58 bits per heavy atom. The number of aromatic nitrogens is 1. The van der Waals surface area contributed by atoms with E-state index in [1.54, 1.807) is 0 Å². The summed E-state index contributed by atoms with van der Waals surface area (Å²) in [5.74, 6) is 0. The summed E-state index contributed by atoms with van der Waals surface area (Å²) in [4.78, 5) is 0. The van der Waals surface area contributed by atoms with Gasteiger partial charge in [0.1, 0.15) is 0 Å². The second-order valence-electron chi connectivity index (χ2n) is 3.36. The van der Waals surface area contributed by atoms with Gasteiger partial charge >= 0.3 is 0 Å². The van der Waals surface area contributed by atoms with Gasteiger partial charge in [-0.25, -0.2) is 0 Å². The minimum atomic E-state index is 1.34. The van der Waals surface area contributed by atoms with Crippen LogP contribution in [0.4, 0.5) is 0 Å². The number of benzene rings is 1. The van der Waals surface area contributed by atoms with E-state index in [0.717, 1.165) is 0 Å². The van der Waals surface area contributed by atoms with Crippen LogP contribution in [0.15, 0.2) is 24.4 Å². The van der Waals surface area contributed by atoms with Gasteiger partial charge in [-0.2, -0.15) is 0 Å². The lowest BCUT2D eigenvalue weighted by Gasteiger charge is -1.97. The van der Waals surface area contributed by atoms with E-state index < -0.39 is 0 Å². The van der Waals surface area contributed by atoms with Crippen LogP contribution >= 0.6 is 0 Å². The fourth-order valence-electron chi connectivity index (χ4n) is 1.77. The number of hydrogen-bond acceptors (Lipinski definition) is 0. The molecule has 0 atom stereocenters. The van der Waals surface area contributed by atoms with Crippen LogP contribution in [0.1, 0.15) is 11.3 Å². The van der Waals surface area contributed by atoms with Crippen molar-refractivity contribution < 1.29 is 0 Å². The summed E-state index contributed by atoms with van der Waals surface area (Å²) in [5.41, 5.74) is 2.72. The molecule has 1 aromatic heterocycles. The first kappa shape index (κ1) is 7.41. The van der Waals surface area contributed by atoms with Crippen LogP contribution in [0, 0.1) is 13.8 Å². The van der Waals surface area contributed by atoms with Gasteiger partial charge in [-0.1, -0.05) is 18.2 Å². The molecule has 1 aromatic carbocycles. The average Bonchev–Trinajstić information content (AvgIpc) is 2.29. The zero-order chi connectivity index (χ0) is 8.72. The van der Waals surface area contributed by atoms with Crippen LogP contribution in [-0.2, 0) is 7.05 Å². The Morgan fingerprint density at radius 1 is 1.17 bits per heavy atom. The van der Waals surface area contributed by atoms with Crippen LogP contribution in [0.5, 0.6) is 0 Å². The highest BCUT2D eigenvalue weighted by Gasteiger charge is 2.03. The maximum absolute atomic E-state index is 2.18. The lowest BCUT2D eigenvalue weighted by molar-refractivity contribution is 0.888. The van der Waals surface area contributed by atoms with Crippen molar-refractivity contribution in [3.8, 4) is 0 Å². The maximum atomic E-state index is 2.18.